The van der Waals surface area contributed by atoms with E-state index in [4.69, 9.17) is 66.7 Å². The lowest BCUT2D eigenvalue weighted by atomic mass is 9.98. The van der Waals surface area contributed by atoms with E-state index in [1.165, 1.54) is 125 Å². The van der Waals surface area contributed by atoms with E-state index in [2.05, 4.69) is 19.3 Å². The Balaban J connectivity index is 0.000000160. The summed E-state index contributed by atoms with van der Waals surface area (Å²) < 4.78 is 215. The fourth-order valence-corrected chi connectivity index (χ4v) is 18.2. The topological polar surface area (TPSA) is 316 Å². The van der Waals surface area contributed by atoms with Crippen LogP contribution in [0.4, 0.5) is 89.4 Å². The molecule has 0 unspecified atom stereocenters. The van der Waals surface area contributed by atoms with Crippen LogP contribution >= 0.6 is 11.6 Å². The number of hydrogen-bond acceptors (Lipinski definition) is 20. The number of aromatic nitrogens is 2. The Morgan fingerprint density at radius 1 is 0.373 bits per heavy atom. The molecule has 26 nitrogen and oxygen atoms in total. The van der Waals surface area contributed by atoms with Crippen LogP contribution in [-0.4, -0.2) is 109 Å². The maximum Gasteiger partial charge on any atom is 0.419 e. The van der Waals surface area contributed by atoms with Crippen LogP contribution in [0.1, 0.15) is 110 Å². The van der Waals surface area contributed by atoms with Crippen LogP contribution in [0.3, 0.4) is 0 Å². The number of halogens is 11. The molecule has 0 spiro atoms. The van der Waals surface area contributed by atoms with Crippen molar-refractivity contribution in [3.63, 3.8) is 0 Å². The van der Waals surface area contributed by atoms with Gasteiger partial charge in [-0.2, -0.15) is 49.0 Å². The lowest BCUT2D eigenvalue weighted by Gasteiger charge is -2.19. The van der Waals surface area contributed by atoms with Crippen LogP contribution in [0, 0.1) is 6.92 Å². The minimum atomic E-state index is -4.62. The van der Waals surface area contributed by atoms with Crippen molar-refractivity contribution in [1.82, 2.24) is 9.78 Å². The summed E-state index contributed by atoms with van der Waals surface area (Å²) in [5, 5.41) is 4.01. The van der Waals surface area contributed by atoms with Gasteiger partial charge in [0.2, 0.25) is 23.6 Å². The SMILES string of the molecule is C.COc1ccc([C@H]2CC(=O)N(c3cccc(N)c3)C2)cc1Oc1ccc(C(F)(F)F)cc1.COc1ccc([C@H]2CC(=O)N(c3cccc(N)c3)C2)cc1Oc1ccc(OC(C)(F)F)cc1.COc1ccc([C@H]2CC(=O)N(c3cccc(N)c3)C2)cc1Oc1cccc(OC(C)(F)F)c1.COc1ccc([C@H]2CC(=O)N(c3cccc(NS(=O)(=O)c4c(C)nn(C)c4Cl)c3)C2)cc1Oc1ccccc1C(F)(F)F. The second-order valence-electron chi connectivity index (χ2n) is 33.2. The largest absolute Gasteiger partial charge is 0.493 e. The van der Waals surface area contributed by atoms with Gasteiger partial charge in [0.25, 0.3) is 10.0 Å². The molecule has 142 heavy (non-hydrogen) atoms. The highest BCUT2D eigenvalue weighted by Crippen LogP contribution is 2.48. The number of hydrogen-bond donors (Lipinski definition) is 4. The van der Waals surface area contributed by atoms with Gasteiger partial charge in [-0.3, -0.25) is 28.6 Å². The maximum absolute atomic E-state index is 13.5. The van der Waals surface area contributed by atoms with E-state index in [0.717, 1.165) is 52.0 Å². The highest BCUT2D eigenvalue weighted by Gasteiger charge is 2.40. The number of nitrogens with one attached hydrogen (secondary N) is 1. The minimum absolute atomic E-state index is 0. The van der Waals surface area contributed by atoms with Crippen molar-refractivity contribution < 1.29 is 119 Å². The number of methoxy groups -OCH3 is 4. The van der Waals surface area contributed by atoms with Crippen molar-refractivity contribution in [3.05, 3.63) is 311 Å². The molecule has 0 saturated carbocycles. The first-order chi connectivity index (χ1) is 66.9. The summed E-state index contributed by atoms with van der Waals surface area (Å²) in [5.41, 5.74) is 24.2. The summed E-state index contributed by atoms with van der Waals surface area (Å²) in [5.74, 6) is 2.89. The van der Waals surface area contributed by atoms with Crippen molar-refractivity contribution in [3.8, 4) is 80.5 Å². The van der Waals surface area contributed by atoms with Crippen LogP contribution in [0.15, 0.2) is 272 Å². The number of aryl methyl sites for hydroxylation is 2. The molecule has 7 N–H and O–H groups in total. The Bertz CT molecular complexity index is 6850. The first kappa shape index (κ1) is 104. The lowest BCUT2D eigenvalue weighted by Crippen LogP contribution is -2.24. The summed E-state index contributed by atoms with van der Waals surface area (Å²) in [6, 6.07) is 70.4. The summed E-state index contributed by atoms with van der Waals surface area (Å²) in [4.78, 5) is 57.6. The Hall–Kier alpha value is -15.5. The van der Waals surface area contributed by atoms with E-state index in [9.17, 15) is 71.5 Å². The number of carbonyl (C=O) groups is 4. The zero-order chi connectivity index (χ0) is 101. The molecule has 4 aliphatic heterocycles. The number of sulfonamides is 1. The maximum atomic E-state index is 13.5. The predicted octanol–water partition coefficient (Wildman–Crippen LogP) is 23.9. The molecular formula is C104H99ClF10N10O16S. The van der Waals surface area contributed by atoms with Gasteiger partial charge in [0, 0.05) is 142 Å². The van der Waals surface area contributed by atoms with Crippen LogP contribution < -0.4 is 88.9 Å². The molecule has 4 fully saturated rings. The van der Waals surface area contributed by atoms with Crippen LogP contribution in [0.2, 0.25) is 5.15 Å². The number of nitrogens with two attached hydrogens (primary N) is 3. The zero-order valence-electron chi connectivity index (χ0n) is 76.9. The molecule has 4 amide bonds. The van der Waals surface area contributed by atoms with Crippen molar-refractivity contribution >= 4 is 90.8 Å². The number of rotatable bonds is 27. The fourth-order valence-electron chi connectivity index (χ4n) is 16.4. The predicted molar refractivity (Wildman–Crippen MR) is 519 cm³/mol. The van der Waals surface area contributed by atoms with Gasteiger partial charge in [0.15, 0.2) is 46.0 Å². The Kier molecular flexibility index (Phi) is 32.1. The molecule has 38 heteroatoms. The van der Waals surface area contributed by atoms with Crippen LogP contribution in [0.25, 0.3) is 0 Å². The van der Waals surface area contributed by atoms with E-state index in [-0.39, 0.29) is 124 Å². The van der Waals surface area contributed by atoms with E-state index in [1.807, 2.05) is 60.7 Å². The number of carbonyl (C=O) groups excluding carboxylic acids is 4. The van der Waals surface area contributed by atoms with Crippen molar-refractivity contribution in [2.24, 2.45) is 7.05 Å². The molecule has 0 bridgehead atoms. The molecule has 4 atom stereocenters. The molecule has 0 aliphatic carbocycles. The number of anilines is 8. The number of nitrogens with zero attached hydrogens (tertiary/aromatic N) is 6. The van der Waals surface area contributed by atoms with Crippen molar-refractivity contribution in [2.45, 2.75) is 107 Å². The summed E-state index contributed by atoms with van der Waals surface area (Å²) in [6.45, 7) is 4.62. The van der Waals surface area contributed by atoms with Gasteiger partial charge in [-0.25, -0.2) is 8.42 Å². The van der Waals surface area contributed by atoms with Gasteiger partial charge in [-0.1, -0.05) is 85.8 Å². The van der Waals surface area contributed by atoms with Crippen LogP contribution in [-0.2, 0) is 48.6 Å². The van der Waals surface area contributed by atoms with E-state index >= 15 is 0 Å². The summed E-state index contributed by atoms with van der Waals surface area (Å²) in [6.07, 6.45) is -14.5. The third kappa shape index (κ3) is 25.9. The molecule has 17 rings (SSSR count). The minimum Gasteiger partial charge on any atom is -0.493 e. The smallest absolute Gasteiger partial charge is 0.419 e. The Morgan fingerprint density at radius 2 is 0.711 bits per heavy atom. The molecule has 1 aromatic heterocycles. The van der Waals surface area contributed by atoms with Gasteiger partial charge < -0.3 is 84.2 Å². The number of benzene rings is 12. The third-order valence-electron chi connectivity index (χ3n) is 23.0. The number of ether oxygens (including phenoxy) is 10. The van der Waals surface area contributed by atoms with Gasteiger partial charge >= 0.3 is 24.6 Å². The number of nitrogen functional groups attached to an aromatic ring is 3. The van der Waals surface area contributed by atoms with E-state index in [0.29, 0.717) is 127 Å². The molecule has 0 radical (unpaired) electrons. The van der Waals surface area contributed by atoms with Gasteiger partial charge in [0.1, 0.15) is 44.5 Å². The van der Waals surface area contributed by atoms with Gasteiger partial charge in [0.05, 0.1) is 50.9 Å². The number of alkyl halides is 10. The van der Waals surface area contributed by atoms with E-state index < -0.39 is 45.7 Å². The Morgan fingerprint density at radius 3 is 1.07 bits per heavy atom. The van der Waals surface area contributed by atoms with Crippen molar-refractivity contribution in [1.29, 1.82) is 0 Å². The quantitative estimate of drug-likeness (QED) is 0.0274. The number of para-hydroxylation sites is 1. The molecule has 13 aromatic rings. The molecule has 4 aliphatic rings. The lowest BCUT2D eigenvalue weighted by molar-refractivity contribution is -0.159. The fraction of sp³-hybridized carbons (Fsp3) is 0.240. The van der Waals surface area contributed by atoms with Gasteiger partial charge in [-0.05, 0) is 223 Å². The monoisotopic (exact) mass is 2000 g/mol. The standard InChI is InChI=1S/C29H26ClF3N4O5S.2C25H24F2N2O4.C24H21F3N2O3.CH4/c1-17-27(28(30)36(2)34-17)43(39,40)35-20-7-6-8-21(15-20)37-16-19(14-26(37)38)18-11-12-24(41-3)25(13-18)42-23-10-5-4-9-22(23)29(31,32)33;1-25(26,27)33-21-8-4-7-20(14-21)32-23-11-16(9-10-22(23)31-2)17-12-24(30)29(15-17)19-6-3-5-18(28)13-19;1-25(26,27)33-21-9-7-20(8-10-21)32-23-12-16(6-11-22(23)31-2)17-13-24(30)29(15-17)19-5-3-4-18(28)14-19;1-31-21-10-5-15(11-22(21)32-20-8-6-17(7-9-20)24(25,26)27)16-12-23(30)29(14-16)19-4-2-3-18(28)13-19;/h4-13,15,19,35H,14,16H2,1-3H3;3-11,13-14,17H,12,15,28H2,1-2H3;3-12,14,17H,13,15,28H2,1-2H3;2-11,13,16H,12,14,28H2,1H3;1H4/t19-;2*17-;16-;/m0000./s1. The van der Waals surface area contributed by atoms with Crippen LogP contribution in [0.5, 0.6) is 80.5 Å². The Labute approximate surface area is 816 Å². The molecular weight excluding hydrogens is 1900 g/mol. The second-order valence-corrected chi connectivity index (χ2v) is 35.2. The average Bonchev–Trinajstić information content (AvgIpc) is 1.62. The average molecular weight is 2000 g/mol. The first-order valence-electron chi connectivity index (χ1n) is 43.7. The molecule has 4 saturated heterocycles. The molecule has 5 heterocycles. The van der Waals surface area contributed by atoms with Crippen molar-refractivity contribution in [2.75, 3.05) is 96.1 Å². The second kappa shape index (κ2) is 43.9. The van der Waals surface area contributed by atoms with Gasteiger partial charge in [-0.15, -0.1) is 0 Å². The summed E-state index contributed by atoms with van der Waals surface area (Å²) >= 11 is 6.16. The first-order valence-corrected chi connectivity index (χ1v) is 45.5. The highest BCUT2D eigenvalue weighted by atomic mass is 35.5. The van der Waals surface area contributed by atoms with E-state index in [1.54, 1.807) is 130 Å². The summed E-state index contributed by atoms with van der Waals surface area (Å²) in [7, 11) is 3.36. The third-order valence-corrected chi connectivity index (χ3v) is 25.0. The number of amides is 4. The normalized spacial score (nSPS) is 15.9. The molecule has 744 valence electrons. The highest BCUT2D eigenvalue weighted by molar-refractivity contribution is 7.93. The zero-order valence-corrected chi connectivity index (χ0v) is 78.5. The molecule has 12 aromatic carbocycles.